The van der Waals surface area contributed by atoms with E-state index in [1.54, 1.807) is 0 Å². The van der Waals surface area contributed by atoms with Gasteiger partial charge in [-0.3, -0.25) is 9.69 Å². The van der Waals surface area contributed by atoms with Gasteiger partial charge in [-0.15, -0.1) is 0 Å². The minimum absolute atomic E-state index is 0.273. The van der Waals surface area contributed by atoms with E-state index in [0.717, 1.165) is 63.1 Å². The van der Waals surface area contributed by atoms with Gasteiger partial charge in [0.1, 0.15) is 0 Å². The van der Waals surface area contributed by atoms with E-state index in [0.29, 0.717) is 6.54 Å². The third-order valence-electron chi connectivity index (χ3n) is 5.24. The fourth-order valence-electron chi connectivity index (χ4n) is 4.15. The molecule has 3 aliphatic heterocycles. The first-order chi connectivity index (χ1) is 10.3. The molecule has 0 saturated carbocycles. The second-order valence-electron chi connectivity index (χ2n) is 6.65. The van der Waals surface area contributed by atoms with Crippen LogP contribution in [0.4, 0.5) is 5.69 Å². The molecule has 0 aromatic heterocycles. The van der Waals surface area contributed by atoms with E-state index in [1.165, 1.54) is 5.56 Å². The van der Waals surface area contributed by atoms with Crippen LogP contribution in [-0.2, 0) is 11.2 Å². The molecule has 3 aliphatic rings. The molecule has 21 heavy (non-hydrogen) atoms. The van der Waals surface area contributed by atoms with Crippen LogP contribution in [0.15, 0.2) is 24.3 Å². The fourth-order valence-corrected chi connectivity index (χ4v) is 4.15. The number of fused-ring (bicyclic) bond motifs is 2. The summed E-state index contributed by atoms with van der Waals surface area (Å²) in [7, 11) is 0. The molecule has 0 bridgehead atoms. The molecule has 1 aromatic rings. The Morgan fingerprint density at radius 3 is 2.76 bits per heavy atom. The third kappa shape index (κ3) is 2.47. The zero-order valence-corrected chi connectivity index (χ0v) is 12.4. The highest BCUT2D eigenvalue weighted by atomic mass is 16.2. The number of nitrogens with zero attached hydrogens (tertiary/aromatic N) is 2. The van der Waals surface area contributed by atoms with Gasteiger partial charge >= 0.3 is 0 Å². The minimum atomic E-state index is 0.273. The Hall–Kier alpha value is -1.39. The number of amides is 1. The second-order valence-corrected chi connectivity index (χ2v) is 6.65. The largest absolute Gasteiger partial charge is 0.316 e. The quantitative estimate of drug-likeness (QED) is 0.884. The molecule has 112 valence electrons. The SMILES string of the molecule is O=C(CN1CC2CNCC2C1)N1CCCc2ccccc21. The van der Waals surface area contributed by atoms with Gasteiger partial charge in [-0.2, -0.15) is 0 Å². The smallest absolute Gasteiger partial charge is 0.241 e. The first-order valence-electron chi connectivity index (χ1n) is 8.12. The lowest BCUT2D eigenvalue weighted by Crippen LogP contribution is -2.42. The zero-order valence-electron chi connectivity index (χ0n) is 12.4. The lowest BCUT2D eigenvalue weighted by atomic mass is 10.0. The summed E-state index contributed by atoms with van der Waals surface area (Å²) in [4.78, 5) is 17.1. The molecular formula is C17H23N3O. The fraction of sp³-hybridized carbons (Fsp3) is 0.588. The summed E-state index contributed by atoms with van der Waals surface area (Å²) in [5.41, 5.74) is 2.45. The molecule has 2 saturated heterocycles. The molecule has 1 amide bonds. The van der Waals surface area contributed by atoms with Gasteiger partial charge in [0.05, 0.1) is 6.54 Å². The van der Waals surface area contributed by atoms with Gasteiger partial charge < -0.3 is 10.2 Å². The van der Waals surface area contributed by atoms with Crippen LogP contribution >= 0.6 is 0 Å². The van der Waals surface area contributed by atoms with Crippen molar-refractivity contribution in [3.63, 3.8) is 0 Å². The highest BCUT2D eigenvalue weighted by molar-refractivity contribution is 5.96. The predicted octanol–water partition coefficient (Wildman–Crippen LogP) is 1.12. The number of anilines is 1. The molecule has 0 radical (unpaired) electrons. The molecule has 0 aliphatic carbocycles. The average Bonchev–Trinajstić information content (AvgIpc) is 3.07. The standard InChI is InChI=1S/C17H23N3O/c21-17(12-19-10-14-8-18-9-15(14)11-19)20-7-3-5-13-4-1-2-6-16(13)20/h1-2,4,6,14-15,18H,3,5,7-12H2. The average molecular weight is 285 g/mol. The van der Waals surface area contributed by atoms with E-state index < -0.39 is 0 Å². The first-order valence-corrected chi connectivity index (χ1v) is 8.12. The highest BCUT2D eigenvalue weighted by Crippen LogP contribution is 2.29. The number of hydrogen-bond acceptors (Lipinski definition) is 3. The lowest BCUT2D eigenvalue weighted by molar-refractivity contribution is -0.119. The van der Waals surface area contributed by atoms with Crippen molar-refractivity contribution < 1.29 is 4.79 Å². The number of para-hydroxylation sites is 1. The number of likely N-dealkylation sites (tertiary alicyclic amines) is 1. The van der Waals surface area contributed by atoms with E-state index in [2.05, 4.69) is 28.4 Å². The Labute approximate surface area is 126 Å². The van der Waals surface area contributed by atoms with Crippen molar-refractivity contribution in [3.8, 4) is 0 Å². The molecule has 4 heteroatoms. The van der Waals surface area contributed by atoms with Crippen LogP contribution in [0.2, 0.25) is 0 Å². The zero-order chi connectivity index (χ0) is 14.2. The monoisotopic (exact) mass is 285 g/mol. The summed E-state index contributed by atoms with van der Waals surface area (Å²) >= 11 is 0. The van der Waals surface area contributed by atoms with E-state index in [1.807, 2.05) is 11.0 Å². The molecule has 2 atom stereocenters. The van der Waals surface area contributed by atoms with Gasteiger partial charge in [0.25, 0.3) is 0 Å². The van der Waals surface area contributed by atoms with Crippen molar-refractivity contribution >= 4 is 11.6 Å². The Morgan fingerprint density at radius 2 is 1.95 bits per heavy atom. The third-order valence-corrected chi connectivity index (χ3v) is 5.24. The summed E-state index contributed by atoms with van der Waals surface area (Å²) in [6.07, 6.45) is 2.18. The minimum Gasteiger partial charge on any atom is -0.316 e. The van der Waals surface area contributed by atoms with Crippen LogP contribution in [0.1, 0.15) is 12.0 Å². The normalized spacial score (nSPS) is 28.5. The number of carbonyl (C=O) groups excluding carboxylic acids is 1. The van der Waals surface area contributed by atoms with Crippen molar-refractivity contribution in [1.29, 1.82) is 0 Å². The number of hydrogen-bond donors (Lipinski definition) is 1. The van der Waals surface area contributed by atoms with Gasteiger partial charge in [0.2, 0.25) is 5.91 Å². The summed E-state index contributed by atoms with van der Waals surface area (Å²) in [6, 6.07) is 8.35. The topological polar surface area (TPSA) is 35.6 Å². The van der Waals surface area contributed by atoms with Crippen LogP contribution in [-0.4, -0.2) is 50.1 Å². The number of benzene rings is 1. The van der Waals surface area contributed by atoms with Gasteiger partial charge in [-0.1, -0.05) is 18.2 Å². The molecule has 0 spiro atoms. The summed E-state index contributed by atoms with van der Waals surface area (Å²) in [6.45, 7) is 5.88. The van der Waals surface area contributed by atoms with Crippen molar-refractivity contribution in [2.45, 2.75) is 12.8 Å². The maximum Gasteiger partial charge on any atom is 0.241 e. The highest BCUT2D eigenvalue weighted by Gasteiger charge is 2.37. The van der Waals surface area contributed by atoms with Crippen molar-refractivity contribution in [2.75, 3.05) is 44.2 Å². The van der Waals surface area contributed by atoms with E-state index in [4.69, 9.17) is 0 Å². The van der Waals surface area contributed by atoms with Crippen LogP contribution < -0.4 is 10.2 Å². The predicted molar refractivity (Wildman–Crippen MR) is 83.4 cm³/mol. The van der Waals surface area contributed by atoms with Crippen molar-refractivity contribution in [2.24, 2.45) is 11.8 Å². The second kappa shape index (κ2) is 5.43. The Kier molecular flexibility index (Phi) is 3.43. The van der Waals surface area contributed by atoms with E-state index in [-0.39, 0.29) is 5.91 Å². The lowest BCUT2D eigenvalue weighted by Gasteiger charge is -2.31. The van der Waals surface area contributed by atoms with Gasteiger partial charge in [0.15, 0.2) is 0 Å². The first kappa shape index (κ1) is 13.3. The molecule has 1 aromatic carbocycles. The molecule has 3 heterocycles. The molecule has 4 rings (SSSR count). The molecule has 4 nitrogen and oxygen atoms in total. The Balaban J connectivity index is 1.44. The van der Waals surface area contributed by atoms with Gasteiger partial charge in [-0.05, 0) is 49.4 Å². The summed E-state index contributed by atoms with van der Waals surface area (Å²) < 4.78 is 0. The van der Waals surface area contributed by atoms with E-state index >= 15 is 0 Å². The Morgan fingerprint density at radius 1 is 1.19 bits per heavy atom. The molecule has 2 unspecified atom stereocenters. The van der Waals surface area contributed by atoms with Gasteiger partial charge in [0, 0.05) is 25.3 Å². The van der Waals surface area contributed by atoms with Crippen LogP contribution in [0.25, 0.3) is 0 Å². The number of aryl methyl sites for hydroxylation is 1. The molecule has 2 fully saturated rings. The molecule has 1 N–H and O–H groups in total. The maximum atomic E-state index is 12.7. The van der Waals surface area contributed by atoms with Crippen LogP contribution in [0.3, 0.4) is 0 Å². The van der Waals surface area contributed by atoms with Crippen molar-refractivity contribution in [1.82, 2.24) is 10.2 Å². The maximum absolute atomic E-state index is 12.7. The summed E-state index contributed by atoms with van der Waals surface area (Å²) in [5.74, 6) is 1.79. The van der Waals surface area contributed by atoms with Crippen LogP contribution in [0.5, 0.6) is 0 Å². The Bertz CT molecular complexity index is 533. The molecular weight excluding hydrogens is 262 g/mol. The summed E-state index contributed by atoms with van der Waals surface area (Å²) in [5, 5.41) is 3.45. The number of rotatable bonds is 2. The van der Waals surface area contributed by atoms with Crippen LogP contribution in [0, 0.1) is 11.8 Å². The van der Waals surface area contributed by atoms with Crippen molar-refractivity contribution in [3.05, 3.63) is 29.8 Å². The number of nitrogens with one attached hydrogen (secondary N) is 1. The van der Waals surface area contributed by atoms with Gasteiger partial charge in [-0.25, -0.2) is 0 Å². The van der Waals surface area contributed by atoms with E-state index in [9.17, 15) is 4.79 Å². The number of carbonyl (C=O) groups is 1.